The smallest absolute Gasteiger partial charge is 0.330 e. The highest BCUT2D eigenvalue weighted by atomic mass is 79.9. The third-order valence-corrected chi connectivity index (χ3v) is 4.16. The van der Waals surface area contributed by atoms with Gasteiger partial charge in [0.15, 0.2) is 6.54 Å². The van der Waals surface area contributed by atoms with Gasteiger partial charge in [-0.05, 0) is 30.3 Å². The first-order valence-corrected chi connectivity index (χ1v) is 8.67. The average Bonchev–Trinajstić information content (AvgIpc) is 3.09. The monoisotopic (exact) mass is 416 g/mol. The third kappa shape index (κ3) is 4.45. The van der Waals surface area contributed by atoms with Crippen LogP contribution in [0.2, 0.25) is 0 Å². The fourth-order valence-electron chi connectivity index (χ4n) is 2.31. The van der Waals surface area contributed by atoms with E-state index < -0.39 is 5.97 Å². The Morgan fingerprint density at radius 3 is 2.69 bits per heavy atom. The Morgan fingerprint density at radius 2 is 1.96 bits per heavy atom. The quantitative estimate of drug-likeness (QED) is 0.574. The number of aromatic nitrogens is 4. The van der Waals surface area contributed by atoms with Crippen molar-refractivity contribution in [3.05, 3.63) is 58.1 Å². The van der Waals surface area contributed by atoms with Gasteiger partial charge in [-0.2, -0.15) is 4.80 Å². The molecule has 0 aliphatic carbocycles. The zero-order valence-electron chi connectivity index (χ0n) is 14.3. The lowest BCUT2D eigenvalue weighted by Crippen LogP contribution is -2.16. The van der Waals surface area contributed by atoms with E-state index >= 15 is 0 Å². The van der Waals surface area contributed by atoms with Gasteiger partial charge in [0.25, 0.3) is 0 Å². The van der Waals surface area contributed by atoms with Gasteiger partial charge in [-0.25, -0.2) is 4.79 Å². The number of carbonyl (C=O) groups is 1. The fraction of sp³-hybridized carbons (Fsp3) is 0.222. The van der Waals surface area contributed by atoms with E-state index in [4.69, 9.17) is 9.47 Å². The van der Waals surface area contributed by atoms with Crippen LogP contribution < -0.4 is 4.74 Å². The molecule has 0 bridgehead atoms. The van der Waals surface area contributed by atoms with E-state index in [1.807, 2.05) is 43.3 Å². The number of nitrogens with zero attached hydrogens (tertiary/aromatic N) is 4. The van der Waals surface area contributed by atoms with Gasteiger partial charge < -0.3 is 9.47 Å². The normalized spacial score (nSPS) is 10.6. The topological polar surface area (TPSA) is 79.1 Å². The Hall–Kier alpha value is -2.74. The molecule has 1 heterocycles. The van der Waals surface area contributed by atoms with Gasteiger partial charge in [-0.3, -0.25) is 0 Å². The highest BCUT2D eigenvalue weighted by Gasteiger charge is 2.12. The van der Waals surface area contributed by atoms with Crippen LogP contribution in [-0.2, 0) is 22.7 Å². The van der Waals surface area contributed by atoms with Crippen molar-refractivity contribution in [1.82, 2.24) is 20.2 Å². The zero-order chi connectivity index (χ0) is 18.5. The summed E-state index contributed by atoms with van der Waals surface area (Å²) in [5.41, 5.74) is 2.75. The second-order valence-corrected chi connectivity index (χ2v) is 6.54. The summed E-state index contributed by atoms with van der Waals surface area (Å²) >= 11 is 3.39. The fourth-order valence-corrected chi connectivity index (χ4v) is 2.72. The number of tetrazole rings is 1. The molecule has 1 aromatic heterocycles. The molecule has 0 unspecified atom stereocenters. The number of hydrogen-bond acceptors (Lipinski definition) is 6. The zero-order valence-corrected chi connectivity index (χ0v) is 15.9. The predicted octanol–water partition coefficient (Wildman–Crippen LogP) is 3.16. The SMILES string of the molecule is COc1ccc(Br)cc1COC(=O)Cn1nnc(-c2ccc(C)cc2)n1. The minimum absolute atomic E-state index is 0.0982. The molecule has 8 heteroatoms. The largest absolute Gasteiger partial charge is 0.496 e. The summed E-state index contributed by atoms with van der Waals surface area (Å²) in [4.78, 5) is 13.3. The molecule has 3 aromatic rings. The van der Waals surface area contributed by atoms with E-state index in [0.29, 0.717) is 11.6 Å². The number of aryl methyl sites for hydroxylation is 1. The summed E-state index contributed by atoms with van der Waals surface area (Å²) in [7, 11) is 1.57. The molecule has 0 fully saturated rings. The van der Waals surface area contributed by atoms with Crippen LogP contribution in [0.5, 0.6) is 5.75 Å². The molecule has 3 rings (SSSR count). The maximum atomic E-state index is 12.1. The van der Waals surface area contributed by atoms with Crippen molar-refractivity contribution in [3.63, 3.8) is 0 Å². The van der Waals surface area contributed by atoms with Crippen molar-refractivity contribution < 1.29 is 14.3 Å². The lowest BCUT2D eigenvalue weighted by Gasteiger charge is -2.09. The van der Waals surface area contributed by atoms with Crippen LogP contribution in [0.25, 0.3) is 11.4 Å². The second-order valence-electron chi connectivity index (χ2n) is 5.63. The first-order valence-electron chi connectivity index (χ1n) is 7.88. The predicted molar refractivity (Wildman–Crippen MR) is 98.5 cm³/mol. The molecule has 7 nitrogen and oxygen atoms in total. The first-order chi connectivity index (χ1) is 12.5. The van der Waals surface area contributed by atoms with Crippen LogP contribution >= 0.6 is 15.9 Å². The summed E-state index contributed by atoms with van der Waals surface area (Å²) < 4.78 is 11.4. The second kappa shape index (κ2) is 8.09. The number of ether oxygens (including phenoxy) is 2. The molecule has 0 atom stereocenters. The number of esters is 1. The van der Waals surface area contributed by atoms with Crippen molar-refractivity contribution in [2.24, 2.45) is 0 Å². The molecular formula is C18H17BrN4O3. The molecule has 0 saturated heterocycles. The molecule has 0 aliphatic rings. The van der Waals surface area contributed by atoms with Gasteiger partial charge >= 0.3 is 5.97 Å². The van der Waals surface area contributed by atoms with Crippen molar-refractivity contribution >= 4 is 21.9 Å². The lowest BCUT2D eigenvalue weighted by molar-refractivity contribution is -0.146. The van der Waals surface area contributed by atoms with Crippen molar-refractivity contribution in [1.29, 1.82) is 0 Å². The summed E-state index contributed by atoms with van der Waals surface area (Å²) in [6.45, 7) is 1.99. The van der Waals surface area contributed by atoms with Crippen molar-refractivity contribution in [2.75, 3.05) is 7.11 Å². The summed E-state index contributed by atoms with van der Waals surface area (Å²) in [5, 5.41) is 12.1. The number of benzene rings is 2. The number of carbonyl (C=O) groups excluding carboxylic acids is 1. The maximum absolute atomic E-state index is 12.1. The number of rotatable bonds is 6. The van der Waals surface area contributed by atoms with E-state index in [0.717, 1.165) is 21.2 Å². The molecule has 0 amide bonds. The number of methoxy groups -OCH3 is 1. The van der Waals surface area contributed by atoms with Crippen LogP contribution in [-0.4, -0.2) is 33.3 Å². The van der Waals surface area contributed by atoms with Crippen LogP contribution in [0.15, 0.2) is 46.9 Å². The molecule has 0 N–H and O–H groups in total. The Morgan fingerprint density at radius 1 is 1.19 bits per heavy atom. The summed E-state index contributed by atoms with van der Waals surface area (Å²) in [6.07, 6.45) is 0. The molecule has 26 heavy (non-hydrogen) atoms. The van der Waals surface area contributed by atoms with Gasteiger partial charge in [-0.15, -0.1) is 10.2 Å². The molecule has 134 valence electrons. The van der Waals surface area contributed by atoms with Gasteiger partial charge in [-0.1, -0.05) is 45.8 Å². The van der Waals surface area contributed by atoms with Crippen molar-refractivity contribution in [2.45, 2.75) is 20.1 Å². The van der Waals surface area contributed by atoms with E-state index in [9.17, 15) is 4.79 Å². The van der Waals surface area contributed by atoms with Gasteiger partial charge in [0.05, 0.1) is 7.11 Å². The summed E-state index contributed by atoms with van der Waals surface area (Å²) in [6, 6.07) is 13.3. The standard InChI is InChI=1S/C18H17BrN4O3/c1-12-3-5-13(6-4-12)18-20-22-23(21-18)10-17(24)26-11-14-9-15(19)7-8-16(14)25-2/h3-9H,10-11H2,1-2H3. The van der Waals surface area contributed by atoms with Gasteiger partial charge in [0.1, 0.15) is 12.4 Å². The highest BCUT2D eigenvalue weighted by molar-refractivity contribution is 9.10. The minimum atomic E-state index is -0.458. The van der Waals surface area contributed by atoms with Crippen LogP contribution in [0.4, 0.5) is 0 Å². The Bertz CT molecular complexity index is 909. The Balaban J connectivity index is 1.60. The Kier molecular flexibility index (Phi) is 5.62. The van der Waals surface area contributed by atoms with E-state index in [1.54, 1.807) is 13.2 Å². The molecule has 0 radical (unpaired) electrons. The molecule has 0 spiro atoms. The van der Waals surface area contributed by atoms with E-state index in [-0.39, 0.29) is 13.2 Å². The summed E-state index contributed by atoms with van der Waals surface area (Å²) in [5.74, 6) is 0.660. The first kappa shape index (κ1) is 18.1. The molecule has 2 aromatic carbocycles. The number of hydrogen-bond donors (Lipinski definition) is 0. The van der Waals surface area contributed by atoms with Gasteiger partial charge in [0.2, 0.25) is 5.82 Å². The lowest BCUT2D eigenvalue weighted by atomic mass is 10.1. The third-order valence-electron chi connectivity index (χ3n) is 3.66. The van der Waals surface area contributed by atoms with Crippen LogP contribution in [0, 0.1) is 6.92 Å². The maximum Gasteiger partial charge on any atom is 0.330 e. The van der Waals surface area contributed by atoms with E-state index in [2.05, 4.69) is 31.3 Å². The van der Waals surface area contributed by atoms with Crippen molar-refractivity contribution in [3.8, 4) is 17.1 Å². The van der Waals surface area contributed by atoms with Crippen LogP contribution in [0.3, 0.4) is 0 Å². The molecule has 0 saturated carbocycles. The van der Waals surface area contributed by atoms with Gasteiger partial charge in [0, 0.05) is 15.6 Å². The Labute approximate surface area is 159 Å². The molecular weight excluding hydrogens is 400 g/mol. The van der Waals surface area contributed by atoms with E-state index in [1.165, 1.54) is 4.80 Å². The average molecular weight is 417 g/mol. The van der Waals surface area contributed by atoms with Crippen LogP contribution in [0.1, 0.15) is 11.1 Å². The minimum Gasteiger partial charge on any atom is -0.496 e. The molecule has 0 aliphatic heterocycles. The number of halogens is 1. The highest BCUT2D eigenvalue weighted by Crippen LogP contribution is 2.23.